The Bertz CT molecular complexity index is 783. The first-order chi connectivity index (χ1) is 11.5. The molecule has 2 aromatic rings. The van der Waals surface area contributed by atoms with Crippen molar-refractivity contribution in [3.63, 3.8) is 0 Å². The number of likely N-dealkylation sites (N-methyl/N-ethyl adjacent to an activating group) is 1. The molecule has 1 atom stereocenters. The molecule has 6 nitrogen and oxygen atoms in total. The molecule has 0 aliphatic carbocycles. The zero-order chi connectivity index (χ0) is 17.3. The molecule has 6 heteroatoms. The van der Waals surface area contributed by atoms with Crippen LogP contribution in [-0.2, 0) is 16.1 Å². The number of carbonyl (C=O) groups is 2. The summed E-state index contributed by atoms with van der Waals surface area (Å²) < 4.78 is 7.71. The van der Waals surface area contributed by atoms with Gasteiger partial charge in [-0.15, -0.1) is 0 Å². The van der Waals surface area contributed by atoms with E-state index in [4.69, 9.17) is 4.74 Å². The van der Waals surface area contributed by atoms with Crippen molar-refractivity contribution in [1.29, 1.82) is 0 Å². The Morgan fingerprint density at radius 2 is 2.08 bits per heavy atom. The van der Waals surface area contributed by atoms with Crippen LogP contribution in [0.2, 0.25) is 0 Å². The smallest absolute Gasteiger partial charge is 0.256 e. The number of ether oxygens (including phenoxy) is 1. The summed E-state index contributed by atoms with van der Waals surface area (Å²) in [5, 5.41) is 3.55. The van der Waals surface area contributed by atoms with E-state index in [-0.39, 0.29) is 18.4 Å². The van der Waals surface area contributed by atoms with E-state index >= 15 is 0 Å². The van der Waals surface area contributed by atoms with Gasteiger partial charge in [-0.1, -0.05) is 18.2 Å². The number of amides is 2. The fraction of sp³-hybridized carbons (Fsp3) is 0.444. The second kappa shape index (κ2) is 6.28. The lowest BCUT2D eigenvalue weighted by atomic mass is 10.0. The fourth-order valence-electron chi connectivity index (χ4n) is 3.29. The van der Waals surface area contributed by atoms with Gasteiger partial charge in [-0.05, 0) is 19.9 Å². The standard InChI is InChI=1S/C18H23N3O3/c1-4-20-11-14(13-7-5-6-8-15(13)20)16(22)21-9-10-24-18(2,12-21)17(23)19-3/h5-8,11H,4,9-10,12H2,1-3H3,(H,19,23)/t18-/m1/s1. The van der Waals surface area contributed by atoms with Crippen molar-refractivity contribution in [3.05, 3.63) is 36.0 Å². The average molecular weight is 329 g/mol. The molecule has 2 amide bonds. The molecule has 24 heavy (non-hydrogen) atoms. The van der Waals surface area contributed by atoms with E-state index in [1.807, 2.05) is 30.5 Å². The Labute approximate surface area is 141 Å². The SMILES string of the molecule is CCn1cc(C(=O)N2CCO[C@@](C)(C(=O)NC)C2)c2ccccc21. The van der Waals surface area contributed by atoms with Crippen LogP contribution in [0.1, 0.15) is 24.2 Å². The molecule has 0 radical (unpaired) electrons. The molecule has 0 spiro atoms. The highest BCUT2D eigenvalue weighted by Crippen LogP contribution is 2.25. The third-order valence-electron chi connectivity index (χ3n) is 4.63. The number of hydrogen-bond donors (Lipinski definition) is 1. The molecule has 1 N–H and O–H groups in total. The van der Waals surface area contributed by atoms with E-state index in [1.165, 1.54) is 0 Å². The summed E-state index contributed by atoms with van der Waals surface area (Å²) in [6, 6.07) is 7.89. The lowest BCUT2D eigenvalue weighted by Crippen LogP contribution is -2.58. The maximum absolute atomic E-state index is 13.1. The Morgan fingerprint density at radius 1 is 1.33 bits per heavy atom. The number of aromatic nitrogens is 1. The quantitative estimate of drug-likeness (QED) is 0.931. The van der Waals surface area contributed by atoms with E-state index < -0.39 is 5.60 Å². The van der Waals surface area contributed by atoms with E-state index in [0.29, 0.717) is 18.7 Å². The normalized spacial score (nSPS) is 21.0. The first kappa shape index (κ1) is 16.5. The molecule has 0 saturated carbocycles. The first-order valence-electron chi connectivity index (χ1n) is 8.23. The molecule has 1 aromatic carbocycles. The monoisotopic (exact) mass is 329 g/mol. The Morgan fingerprint density at radius 3 is 2.79 bits per heavy atom. The minimum absolute atomic E-state index is 0.0585. The fourth-order valence-corrected chi connectivity index (χ4v) is 3.29. The third-order valence-corrected chi connectivity index (χ3v) is 4.63. The second-order valence-corrected chi connectivity index (χ2v) is 6.23. The maximum Gasteiger partial charge on any atom is 0.256 e. The van der Waals surface area contributed by atoms with Gasteiger partial charge in [-0.25, -0.2) is 0 Å². The summed E-state index contributed by atoms with van der Waals surface area (Å²) in [7, 11) is 1.58. The van der Waals surface area contributed by atoms with Crippen molar-refractivity contribution in [2.45, 2.75) is 26.0 Å². The largest absolute Gasteiger partial charge is 0.362 e. The van der Waals surface area contributed by atoms with Crippen molar-refractivity contribution in [1.82, 2.24) is 14.8 Å². The number of benzene rings is 1. The summed E-state index contributed by atoms with van der Waals surface area (Å²) in [5.41, 5.74) is 0.713. The predicted octanol–water partition coefficient (Wildman–Crippen LogP) is 1.64. The molecule has 1 aliphatic heterocycles. The van der Waals surface area contributed by atoms with Crippen LogP contribution in [0.3, 0.4) is 0 Å². The van der Waals surface area contributed by atoms with Gasteiger partial charge in [0.2, 0.25) is 0 Å². The van der Waals surface area contributed by atoms with Crippen molar-refractivity contribution in [2.75, 3.05) is 26.7 Å². The number of aryl methyl sites for hydroxylation is 1. The van der Waals surface area contributed by atoms with Crippen molar-refractivity contribution in [2.24, 2.45) is 0 Å². The molecule has 3 rings (SSSR count). The molecule has 1 saturated heterocycles. The third kappa shape index (κ3) is 2.67. The number of hydrogen-bond acceptors (Lipinski definition) is 3. The molecular formula is C18H23N3O3. The van der Waals surface area contributed by atoms with Crippen LogP contribution in [0.25, 0.3) is 10.9 Å². The van der Waals surface area contributed by atoms with E-state index in [2.05, 4.69) is 16.8 Å². The van der Waals surface area contributed by atoms with Crippen molar-refractivity contribution >= 4 is 22.7 Å². The molecule has 1 aliphatic rings. The van der Waals surface area contributed by atoms with Gasteiger partial charge in [0.05, 0.1) is 18.7 Å². The predicted molar refractivity (Wildman–Crippen MR) is 91.9 cm³/mol. The highest BCUT2D eigenvalue weighted by molar-refractivity contribution is 6.07. The first-order valence-corrected chi connectivity index (χ1v) is 8.23. The number of fused-ring (bicyclic) bond motifs is 1. The number of morpholine rings is 1. The number of nitrogens with one attached hydrogen (secondary N) is 1. The summed E-state index contributed by atoms with van der Waals surface area (Å²) in [4.78, 5) is 26.9. The summed E-state index contributed by atoms with van der Waals surface area (Å²) in [6.45, 7) is 5.65. The minimum atomic E-state index is -1.01. The summed E-state index contributed by atoms with van der Waals surface area (Å²) >= 11 is 0. The van der Waals surface area contributed by atoms with Crippen molar-refractivity contribution in [3.8, 4) is 0 Å². The van der Waals surface area contributed by atoms with E-state index in [1.54, 1.807) is 18.9 Å². The van der Waals surface area contributed by atoms with Crippen LogP contribution in [0.4, 0.5) is 0 Å². The zero-order valence-corrected chi connectivity index (χ0v) is 14.3. The van der Waals surface area contributed by atoms with Gasteiger partial charge in [-0.3, -0.25) is 9.59 Å². The minimum Gasteiger partial charge on any atom is -0.362 e. The highest BCUT2D eigenvalue weighted by atomic mass is 16.5. The van der Waals surface area contributed by atoms with Crippen LogP contribution in [0.5, 0.6) is 0 Å². The molecule has 1 fully saturated rings. The van der Waals surface area contributed by atoms with Crippen LogP contribution < -0.4 is 5.32 Å². The van der Waals surface area contributed by atoms with Gasteiger partial charge >= 0.3 is 0 Å². The number of para-hydroxylation sites is 1. The van der Waals surface area contributed by atoms with Gasteiger partial charge in [0.1, 0.15) is 0 Å². The molecule has 0 unspecified atom stereocenters. The Balaban J connectivity index is 1.93. The van der Waals surface area contributed by atoms with Gasteiger partial charge < -0.3 is 19.5 Å². The van der Waals surface area contributed by atoms with Gasteiger partial charge in [0.25, 0.3) is 11.8 Å². The molecule has 1 aromatic heterocycles. The average Bonchev–Trinajstić information content (AvgIpc) is 2.99. The molecule has 128 valence electrons. The van der Waals surface area contributed by atoms with Gasteiger partial charge in [0.15, 0.2) is 5.60 Å². The van der Waals surface area contributed by atoms with Gasteiger partial charge in [-0.2, -0.15) is 0 Å². The second-order valence-electron chi connectivity index (χ2n) is 6.23. The molecule has 2 heterocycles. The number of carbonyl (C=O) groups excluding carboxylic acids is 2. The summed E-state index contributed by atoms with van der Waals surface area (Å²) in [6.07, 6.45) is 1.90. The van der Waals surface area contributed by atoms with Crippen LogP contribution in [-0.4, -0.2) is 53.6 Å². The topological polar surface area (TPSA) is 63.6 Å². The Kier molecular flexibility index (Phi) is 4.32. The molecule has 0 bridgehead atoms. The van der Waals surface area contributed by atoms with Gasteiger partial charge in [0, 0.05) is 37.2 Å². The zero-order valence-electron chi connectivity index (χ0n) is 14.3. The van der Waals surface area contributed by atoms with Crippen LogP contribution in [0.15, 0.2) is 30.5 Å². The van der Waals surface area contributed by atoms with Crippen molar-refractivity contribution < 1.29 is 14.3 Å². The van der Waals surface area contributed by atoms with E-state index in [0.717, 1.165) is 17.4 Å². The van der Waals surface area contributed by atoms with E-state index in [9.17, 15) is 9.59 Å². The van der Waals surface area contributed by atoms with Crippen LogP contribution >= 0.6 is 0 Å². The number of rotatable bonds is 3. The Hall–Kier alpha value is -2.34. The lowest BCUT2D eigenvalue weighted by Gasteiger charge is -2.39. The highest BCUT2D eigenvalue weighted by Gasteiger charge is 2.40. The summed E-state index contributed by atoms with van der Waals surface area (Å²) in [5.74, 6) is -0.271. The maximum atomic E-state index is 13.1. The number of nitrogens with zero attached hydrogens (tertiary/aromatic N) is 2. The lowest BCUT2D eigenvalue weighted by molar-refractivity contribution is -0.153. The van der Waals surface area contributed by atoms with Crippen LogP contribution in [0, 0.1) is 0 Å². The molecular weight excluding hydrogens is 306 g/mol.